The van der Waals surface area contributed by atoms with Crippen LogP contribution in [-0.2, 0) is 9.53 Å². The van der Waals surface area contributed by atoms with Crippen LogP contribution < -0.4 is 0 Å². The third-order valence-electron chi connectivity index (χ3n) is 3.02. The number of esters is 1. The van der Waals surface area contributed by atoms with Gasteiger partial charge < -0.3 is 9.84 Å². The molecule has 1 rings (SSSR count). The molecule has 17 heavy (non-hydrogen) atoms. The lowest BCUT2D eigenvalue weighted by molar-refractivity contribution is -0.152. The second-order valence-electron chi connectivity index (χ2n) is 4.65. The van der Waals surface area contributed by atoms with E-state index in [0.29, 0.717) is 12.2 Å². The number of hydrogen-bond acceptors (Lipinski definition) is 4. The zero-order valence-corrected chi connectivity index (χ0v) is 11.5. The van der Waals surface area contributed by atoms with Crippen molar-refractivity contribution in [3.05, 3.63) is 0 Å². The molecule has 0 amide bonds. The summed E-state index contributed by atoms with van der Waals surface area (Å²) in [6.45, 7) is 2.20. The molecule has 0 radical (unpaired) electrons. The fourth-order valence-electron chi connectivity index (χ4n) is 1.91. The van der Waals surface area contributed by atoms with Crippen LogP contribution in [0.15, 0.2) is 0 Å². The van der Waals surface area contributed by atoms with Gasteiger partial charge in [0.05, 0.1) is 0 Å². The van der Waals surface area contributed by atoms with E-state index in [-0.39, 0.29) is 12.1 Å². The molecule has 3 nitrogen and oxygen atoms in total. The molecule has 0 aromatic carbocycles. The molecule has 2 atom stereocenters. The fourth-order valence-corrected chi connectivity index (χ4v) is 3.03. The van der Waals surface area contributed by atoms with Crippen LogP contribution in [0, 0.1) is 0 Å². The fraction of sp³-hybridized carbons (Fsp3) is 0.923. The van der Waals surface area contributed by atoms with E-state index in [0.717, 1.165) is 18.6 Å². The third-order valence-corrected chi connectivity index (χ3v) is 4.16. The average molecular weight is 260 g/mol. The lowest BCUT2D eigenvalue weighted by atomic mass is 10.1. The molecule has 1 fully saturated rings. The molecule has 0 spiro atoms. The van der Waals surface area contributed by atoms with Crippen LogP contribution in [0.2, 0.25) is 0 Å². The Morgan fingerprint density at radius 1 is 1.24 bits per heavy atom. The van der Waals surface area contributed by atoms with E-state index in [2.05, 4.69) is 6.92 Å². The highest BCUT2D eigenvalue weighted by atomic mass is 32.2. The molecule has 1 N–H and O–H groups in total. The minimum atomic E-state index is -0.464. The molecule has 4 heteroatoms. The van der Waals surface area contributed by atoms with Crippen molar-refractivity contribution in [2.75, 3.05) is 11.5 Å². The van der Waals surface area contributed by atoms with Crippen molar-refractivity contribution in [3.63, 3.8) is 0 Å². The van der Waals surface area contributed by atoms with Crippen molar-refractivity contribution in [2.24, 2.45) is 0 Å². The first-order valence-corrected chi connectivity index (χ1v) is 7.84. The van der Waals surface area contributed by atoms with Gasteiger partial charge in [0.25, 0.3) is 0 Å². The molecule has 1 aliphatic rings. The topological polar surface area (TPSA) is 46.5 Å². The maximum absolute atomic E-state index is 11.5. The first-order valence-electron chi connectivity index (χ1n) is 6.69. The molecule has 0 aromatic rings. The summed E-state index contributed by atoms with van der Waals surface area (Å²) in [4.78, 5) is 11.5. The van der Waals surface area contributed by atoms with Gasteiger partial charge in [0, 0.05) is 17.9 Å². The van der Waals surface area contributed by atoms with E-state index in [9.17, 15) is 9.90 Å². The maximum Gasteiger partial charge on any atom is 0.306 e. The number of hydrogen-bond donors (Lipinski definition) is 1. The van der Waals surface area contributed by atoms with Crippen LogP contribution in [-0.4, -0.2) is 34.8 Å². The minimum Gasteiger partial charge on any atom is -0.459 e. The zero-order chi connectivity index (χ0) is 12.5. The summed E-state index contributed by atoms with van der Waals surface area (Å²) in [7, 11) is 0. The average Bonchev–Trinajstić information content (AvgIpc) is 2.69. The Labute approximate surface area is 108 Å². The van der Waals surface area contributed by atoms with E-state index in [1.807, 2.05) is 0 Å². The van der Waals surface area contributed by atoms with Gasteiger partial charge in [-0.25, -0.2) is 0 Å². The van der Waals surface area contributed by atoms with Gasteiger partial charge in [-0.15, -0.1) is 0 Å². The Morgan fingerprint density at radius 2 is 1.94 bits per heavy atom. The van der Waals surface area contributed by atoms with Gasteiger partial charge in [-0.2, -0.15) is 11.8 Å². The van der Waals surface area contributed by atoms with Gasteiger partial charge in [0.1, 0.15) is 12.2 Å². The number of carbonyl (C=O) groups is 1. The number of aliphatic hydroxyl groups excluding tert-OH is 1. The standard InChI is InChI=1S/C13H24O3S/c1-2-3-4-5-6-7-8-13(15)16-12-10-17-9-11(12)14/h11-12,14H,2-10H2,1H3. The molecule has 0 saturated carbocycles. The summed E-state index contributed by atoms with van der Waals surface area (Å²) in [5, 5.41) is 9.51. The van der Waals surface area contributed by atoms with Gasteiger partial charge in [-0.3, -0.25) is 4.79 Å². The van der Waals surface area contributed by atoms with Crippen molar-refractivity contribution in [3.8, 4) is 0 Å². The normalized spacial score (nSPS) is 23.9. The van der Waals surface area contributed by atoms with Gasteiger partial charge in [0.15, 0.2) is 0 Å². The van der Waals surface area contributed by atoms with Crippen molar-refractivity contribution < 1.29 is 14.6 Å². The van der Waals surface area contributed by atoms with Gasteiger partial charge >= 0.3 is 5.97 Å². The monoisotopic (exact) mass is 260 g/mol. The first kappa shape index (κ1) is 14.8. The number of carbonyl (C=O) groups excluding carboxylic acids is 1. The molecule has 0 aliphatic carbocycles. The molecular formula is C13H24O3S. The van der Waals surface area contributed by atoms with Crippen LogP contribution in [0.3, 0.4) is 0 Å². The molecule has 0 bridgehead atoms. The number of thioether (sulfide) groups is 1. The SMILES string of the molecule is CCCCCCCCC(=O)OC1CSCC1O. The highest BCUT2D eigenvalue weighted by Gasteiger charge is 2.28. The van der Waals surface area contributed by atoms with Crippen molar-refractivity contribution in [1.29, 1.82) is 0 Å². The predicted octanol–water partition coefficient (Wildman–Crippen LogP) is 2.76. The van der Waals surface area contributed by atoms with E-state index in [1.54, 1.807) is 11.8 Å². The molecular weight excluding hydrogens is 236 g/mol. The Kier molecular flexibility index (Phi) is 7.69. The number of aliphatic hydroxyl groups is 1. The summed E-state index contributed by atoms with van der Waals surface area (Å²) in [5.41, 5.74) is 0. The lowest BCUT2D eigenvalue weighted by Crippen LogP contribution is -2.29. The number of rotatable bonds is 8. The second-order valence-corrected chi connectivity index (χ2v) is 5.73. The van der Waals surface area contributed by atoms with Crippen LogP contribution in [0.5, 0.6) is 0 Å². The Balaban J connectivity index is 1.97. The molecule has 1 saturated heterocycles. The highest BCUT2D eigenvalue weighted by Crippen LogP contribution is 2.21. The van der Waals surface area contributed by atoms with Crippen LogP contribution in [0.4, 0.5) is 0 Å². The van der Waals surface area contributed by atoms with Crippen LogP contribution in [0.1, 0.15) is 51.9 Å². The number of unbranched alkanes of at least 4 members (excludes halogenated alkanes) is 5. The summed E-state index contributed by atoms with van der Waals surface area (Å²) in [6.07, 6.45) is 6.80. The highest BCUT2D eigenvalue weighted by molar-refractivity contribution is 7.99. The third kappa shape index (κ3) is 6.32. The Morgan fingerprint density at radius 3 is 2.59 bits per heavy atom. The Bertz CT molecular complexity index is 221. The Hall–Kier alpha value is -0.220. The van der Waals surface area contributed by atoms with Gasteiger partial charge in [0.2, 0.25) is 0 Å². The summed E-state index contributed by atoms with van der Waals surface area (Å²) in [5.74, 6) is 1.28. The largest absolute Gasteiger partial charge is 0.459 e. The van der Waals surface area contributed by atoms with E-state index in [4.69, 9.17) is 4.74 Å². The molecule has 0 aromatic heterocycles. The molecule has 2 unspecified atom stereocenters. The lowest BCUT2D eigenvalue weighted by Gasteiger charge is -2.14. The predicted molar refractivity (Wildman–Crippen MR) is 71.2 cm³/mol. The van der Waals surface area contributed by atoms with Gasteiger partial charge in [-0.05, 0) is 6.42 Å². The van der Waals surface area contributed by atoms with E-state index in [1.165, 1.54) is 25.7 Å². The summed E-state index contributed by atoms with van der Waals surface area (Å²) >= 11 is 1.64. The first-order chi connectivity index (χ1) is 8.24. The van der Waals surface area contributed by atoms with Gasteiger partial charge in [-0.1, -0.05) is 39.0 Å². The molecule has 1 aliphatic heterocycles. The minimum absolute atomic E-state index is 0.146. The molecule has 100 valence electrons. The van der Waals surface area contributed by atoms with Crippen molar-refractivity contribution in [1.82, 2.24) is 0 Å². The van der Waals surface area contributed by atoms with Crippen molar-refractivity contribution in [2.45, 2.75) is 64.1 Å². The summed E-state index contributed by atoms with van der Waals surface area (Å²) < 4.78 is 5.24. The van der Waals surface area contributed by atoms with Crippen LogP contribution >= 0.6 is 11.8 Å². The quantitative estimate of drug-likeness (QED) is 0.538. The number of ether oxygens (including phenoxy) is 1. The molecule has 1 heterocycles. The smallest absolute Gasteiger partial charge is 0.306 e. The van der Waals surface area contributed by atoms with Crippen molar-refractivity contribution >= 4 is 17.7 Å². The maximum atomic E-state index is 11.5. The zero-order valence-electron chi connectivity index (χ0n) is 10.7. The second kappa shape index (κ2) is 8.81. The van der Waals surface area contributed by atoms with Crippen LogP contribution in [0.25, 0.3) is 0 Å². The van der Waals surface area contributed by atoms with E-state index < -0.39 is 6.10 Å². The van der Waals surface area contributed by atoms with E-state index >= 15 is 0 Å². The summed E-state index contributed by atoms with van der Waals surface area (Å²) in [6, 6.07) is 0.